The number of rotatable bonds is 7. The molecule has 8 heteroatoms. The van der Waals surface area contributed by atoms with Crippen LogP contribution in [0.4, 0.5) is 0 Å². The maximum atomic E-state index is 6.14. The minimum Gasteiger partial charge on any atom is -0.330 e. The number of aryl methyl sites for hydroxylation is 1. The normalized spacial score (nSPS) is 14.6. The first-order valence-corrected chi connectivity index (χ1v) is 12.0. The number of fused-ring (bicyclic) bond motifs is 1. The van der Waals surface area contributed by atoms with Gasteiger partial charge < -0.3 is 9.13 Å². The van der Waals surface area contributed by atoms with Gasteiger partial charge in [-0.25, -0.2) is 4.98 Å². The second-order valence-corrected chi connectivity index (χ2v) is 9.34. The van der Waals surface area contributed by atoms with E-state index >= 15 is 0 Å². The molecule has 2 aromatic carbocycles. The molecule has 1 aliphatic heterocycles. The summed E-state index contributed by atoms with van der Waals surface area (Å²) in [5.41, 5.74) is 3.26. The number of halogens is 1. The van der Waals surface area contributed by atoms with Crippen molar-refractivity contribution in [1.29, 1.82) is 0 Å². The Hall–Kier alpha value is -2.35. The van der Waals surface area contributed by atoms with Crippen molar-refractivity contribution in [3.05, 3.63) is 70.8 Å². The zero-order valence-electron chi connectivity index (χ0n) is 17.5. The molecule has 1 saturated heterocycles. The summed E-state index contributed by atoms with van der Waals surface area (Å²) in [5, 5.41) is 10.8. The highest BCUT2D eigenvalue weighted by Gasteiger charge is 2.19. The first-order chi connectivity index (χ1) is 15.2. The van der Waals surface area contributed by atoms with Crippen LogP contribution in [0, 0.1) is 0 Å². The van der Waals surface area contributed by atoms with Crippen LogP contribution in [0.1, 0.15) is 30.1 Å². The number of benzene rings is 2. The fourth-order valence-corrected chi connectivity index (χ4v) is 5.20. The van der Waals surface area contributed by atoms with Crippen LogP contribution < -0.4 is 0 Å². The van der Waals surface area contributed by atoms with Crippen molar-refractivity contribution in [2.24, 2.45) is 7.05 Å². The molecule has 0 unspecified atom stereocenters. The topological polar surface area (TPSA) is 51.8 Å². The Bertz CT molecular complexity index is 1180. The molecule has 2 aromatic heterocycles. The zero-order valence-corrected chi connectivity index (χ0v) is 19.1. The van der Waals surface area contributed by atoms with Crippen molar-refractivity contribution < 1.29 is 0 Å². The summed E-state index contributed by atoms with van der Waals surface area (Å²) in [4.78, 5) is 7.25. The Morgan fingerprint density at radius 2 is 1.77 bits per heavy atom. The highest BCUT2D eigenvalue weighted by Crippen LogP contribution is 2.26. The maximum Gasteiger partial charge on any atom is 0.192 e. The molecule has 0 radical (unpaired) electrons. The number of hydrogen-bond acceptors (Lipinski definition) is 5. The molecule has 3 heterocycles. The quantitative estimate of drug-likeness (QED) is 0.378. The summed E-state index contributed by atoms with van der Waals surface area (Å²) < 4.78 is 4.39. The first-order valence-electron chi connectivity index (χ1n) is 10.6. The zero-order chi connectivity index (χ0) is 21.2. The second kappa shape index (κ2) is 9.02. The minimum absolute atomic E-state index is 0.707. The lowest BCUT2D eigenvalue weighted by Crippen LogP contribution is -2.21. The highest BCUT2D eigenvalue weighted by molar-refractivity contribution is 7.98. The number of hydrogen-bond donors (Lipinski definition) is 0. The van der Waals surface area contributed by atoms with Gasteiger partial charge in [-0.1, -0.05) is 53.7 Å². The van der Waals surface area contributed by atoms with E-state index in [2.05, 4.69) is 54.6 Å². The van der Waals surface area contributed by atoms with Gasteiger partial charge in [-0.05, 0) is 49.7 Å². The summed E-state index contributed by atoms with van der Waals surface area (Å²) in [7, 11) is 2.05. The Balaban J connectivity index is 1.40. The lowest BCUT2D eigenvalue weighted by Gasteiger charge is -2.16. The maximum absolute atomic E-state index is 6.14. The summed E-state index contributed by atoms with van der Waals surface area (Å²) in [6.07, 6.45) is 2.54. The van der Waals surface area contributed by atoms with E-state index in [4.69, 9.17) is 16.6 Å². The standard InChI is InChI=1S/C23H25ClN6S/c1-28-20-10-9-18(24)13-19(20)25-22(28)16-31-23-27-26-21(15-29-11-5-6-12-29)30(23)14-17-7-3-2-4-8-17/h2-4,7-10,13H,5-6,11-12,14-16H2,1H3. The Kier molecular flexibility index (Phi) is 5.98. The van der Waals surface area contributed by atoms with Crippen LogP contribution in [-0.2, 0) is 25.9 Å². The lowest BCUT2D eigenvalue weighted by atomic mass is 10.2. The monoisotopic (exact) mass is 452 g/mol. The van der Waals surface area contributed by atoms with Gasteiger partial charge in [0.1, 0.15) is 11.6 Å². The van der Waals surface area contributed by atoms with Gasteiger partial charge in [-0.2, -0.15) is 0 Å². The van der Waals surface area contributed by atoms with E-state index in [0.717, 1.165) is 59.8 Å². The molecule has 31 heavy (non-hydrogen) atoms. The van der Waals surface area contributed by atoms with Crippen molar-refractivity contribution in [2.45, 2.75) is 36.8 Å². The van der Waals surface area contributed by atoms with Gasteiger partial charge in [-0.15, -0.1) is 10.2 Å². The number of likely N-dealkylation sites (tertiary alicyclic amines) is 1. The van der Waals surface area contributed by atoms with E-state index in [1.54, 1.807) is 11.8 Å². The van der Waals surface area contributed by atoms with Crippen LogP contribution in [0.25, 0.3) is 11.0 Å². The van der Waals surface area contributed by atoms with Crippen molar-refractivity contribution in [3.63, 3.8) is 0 Å². The lowest BCUT2D eigenvalue weighted by molar-refractivity contribution is 0.316. The van der Waals surface area contributed by atoms with Crippen LogP contribution in [0.5, 0.6) is 0 Å². The van der Waals surface area contributed by atoms with Crippen LogP contribution in [0.3, 0.4) is 0 Å². The smallest absolute Gasteiger partial charge is 0.192 e. The Morgan fingerprint density at radius 3 is 2.58 bits per heavy atom. The third-order valence-electron chi connectivity index (χ3n) is 5.81. The van der Waals surface area contributed by atoms with Gasteiger partial charge in [0, 0.05) is 12.1 Å². The van der Waals surface area contributed by atoms with Crippen molar-refractivity contribution in [2.75, 3.05) is 13.1 Å². The molecule has 0 aliphatic carbocycles. The van der Waals surface area contributed by atoms with Gasteiger partial charge in [0.15, 0.2) is 5.16 Å². The molecule has 0 amide bonds. The Morgan fingerprint density at radius 1 is 0.968 bits per heavy atom. The third kappa shape index (κ3) is 4.49. The molecule has 1 fully saturated rings. The summed E-state index contributed by atoms with van der Waals surface area (Å²) in [6, 6.07) is 16.4. The van der Waals surface area contributed by atoms with E-state index in [9.17, 15) is 0 Å². The molecule has 0 N–H and O–H groups in total. The average molecular weight is 453 g/mol. The third-order valence-corrected chi connectivity index (χ3v) is 7.00. The van der Waals surface area contributed by atoms with E-state index in [0.29, 0.717) is 5.02 Å². The number of imidazole rings is 1. The summed E-state index contributed by atoms with van der Waals surface area (Å²) >= 11 is 7.83. The first kappa shape index (κ1) is 20.5. The van der Waals surface area contributed by atoms with Gasteiger partial charge >= 0.3 is 0 Å². The van der Waals surface area contributed by atoms with Crippen molar-refractivity contribution in [1.82, 2.24) is 29.2 Å². The molecule has 0 spiro atoms. The average Bonchev–Trinajstić information content (AvgIpc) is 3.49. The van der Waals surface area contributed by atoms with E-state index in [1.165, 1.54) is 18.4 Å². The molecular weight excluding hydrogens is 428 g/mol. The molecule has 6 nitrogen and oxygen atoms in total. The predicted octanol–water partition coefficient (Wildman–Crippen LogP) is 4.75. The van der Waals surface area contributed by atoms with E-state index < -0.39 is 0 Å². The molecule has 4 aromatic rings. The second-order valence-electron chi connectivity index (χ2n) is 7.96. The van der Waals surface area contributed by atoms with Gasteiger partial charge in [0.25, 0.3) is 0 Å². The molecule has 0 bridgehead atoms. The van der Waals surface area contributed by atoms with Crippen LogP contribution >= 0.6 is 23.4 Å². The molecular formula is C23H25ClN6S. The summed E-state index contributed by atoms with van der Waals surface area (Å²) in [5.74, 6) is 2.75. The highest BCUT2D eigenvalue weighted by atomic mass is 35.5. The summed E-state index contributed by atoms with van der Waals surface area (Å²) in [6.45, 7) is 3.91. The van der Waals surface area contributed by atoms with Crippen LogP contribution in [0.15, 0.2) is 53.7 Å². The molecule has 160 valence electrons. The predicted molar refractivity (Wildman–Crippen MR) is 125 cm³/mol. The van der Waals surface area contributed by atoms with Gasteiger partial charge in [0.05, 0.1) is 29.9 Å². The SMILES string of the molecule is Cn1c(CSc2nnc(CN3CCCC3)n2Cc2ccccc2)nc2cc(Cl)ccc21. The number of aromatic nitrogens is 5. The van der Waals surface area contributed by atoms with E-state index in [-0.39, 0.29) is 0 Å². The molecule has 1 aliphatic rings. The number of thioether (sulfide) groups is 1. The van der Waals surface area contributed by atoms with Gasteiger partial charge in [-0.3, -0.25) is 4.90 Å². The van der Waals surface area contributed by atoms with Gasteiger partial charge in [0.2, 0.25) is 0 Å². The van der Waals surface area contributed by atoms with Crippen molar-refractivity contribution >= 4 is 34.4 Å². The van der Waals surface area contributed by atoms with Crippen LogP contribution in [0.2, 0.25) is 5.02 Å². The molecule has 5 rings (SSSR count). The Labute approximate surface area is 191 Å². The molecule has 0 atom stereocenters. The fourth-order valence-electron chi connectivity index (χ4n) is 4.09. The molecule has 0 saturated carbocycles. The van der Waals surface area contributed by atoms with Crippen LogP contribution in [-0.4, -0.2) is 42.3 Å². The number of nitrogens with zero attached hydrogens (tertiary/aromatic N) is 6. The largest absolute Gasteiger partial charge is 0.330 e. The van der Waals surface area contributed by atoms with Crippen molar-refractivity contribution in [3.8, 4) is 0 Å². The van der Waals surface area contributed by atoms with E-state index in [1.807, 2.05) is 25.2 Å². The fraction of sp³-hybridized carbons (Fsp3) is 0.348. The minimum atomic E-state index is 0.707.